The number of nitriles is 1. The third-order valence-electron chi connectivity index (χ3n) is 5.77. The fourth-order valence-corrected chi connectivity index (χ4v) is 4.29. The first-order valence-electron chi connectivity index (χ1n) is 10.1. The van der Waals surface area contributed by atoms with Crippen LogP contribution in [0.15, 0.2) is 60.7 Å². The lowest BCUT2D eigenvalue weighted by Gasteiger charge is -2.22. The van der Waals surface area contributed by atoms with Crippen molar-refractivity contribution in [2.45, 2.75) is 38.6 Å². The molecule has 1 aliphatic rings. The van der Waals surface area contributed by atoms with Crippen LogP contribution in [0.1, 0.15) is 43.2 Å². The van der Waals surface area contributed by atoms with Crippen LogP contribution in [-0.2, 0) is 6.54 Å². The van der Waals surface area contributed by atoms with Gasteiger partial charge in [0, 0.05) is 12.1 Å². The van der Waals surface area contributed by atoms with Crippen LogP contribution in [0.3, 0.4) is 0 Å². The Bertz CT molecular complexity index is 956. The molecule has 136 valence electrons. The molecule has 1 N–H and O–H groups in total. The minimum Gasteiger partial charge on any atom is -0.312 e. The van der Waals surface area contributed by atoms with Gasteiger partial charge in [0.1, 0.15) is 0 Å². The number of nitrogens with zero attached hydrogens (tertiary/aromatic N) is 1. The summed E-state index contributed by atoms with van der Waals surface area (Å²) in [6, 6.07) is 23.3. The zero-order valence-electron chi connectivity index (χ0n) is 15.7. The number of fused-ring (bicyclic) bond motifs is 1. The Morgan fingerprint density at radius 2 is 1.70 bits per heavy atom. The third-order valence-corrected chi connectivity index (χ3v) is 5.77. The standard InChI is InChI=1S/C25H26N2/c26-16-22-14-13-20(18-27-17-19-7-2-1-3-8-19)15-25(22)24-12-6-10-21-9-4-5-11-23(21)24/h4-6,9-15,19,27H,1-3,7-8,17-18H2. The average Bonchev–Trinajstić information content (AvgIpc) is 2.74. The highest BCUT2D eigenvalue weighted by Gasteiger charge is 2.13. The number of hydrogen-bond acceptors (Lipinski definition) is 2. The quantitative estimate of drug-likeness (QED) is 0.605. The maximum Gasteiger partial charge on any atom is 0.0998 e. The summed E-state index contributed by atoms with van der Waals surface area (Å²) in [4.78, 5) is 0. The van der Waals surface area contributed by atoms with E-state index in [1.807, 2.05) is 6.07 Å². The van der Waals surface area contributed by atoms with Gasteiger partial charge in [0.15, 0.2) is 0 Å². The zero-order valence-corrected chi connectivity index (χ0v) is 15.7. The van der Waals surface area contributed by atoms with E-state index in [9.17, 15) is 5.26 Å². The molecule has 4 rings (SSSR count). The van der Waals surface area contributed by atoms with Gasteiger partial charge in [0.2, 0.25) is 0 Å². The molecule has 0 aromatic heterocycles. The Morgan fingerprint density at radius 3 is 2.56 bits per heavy atom. The van der Waals surface area contributed by atoms with Gasteiger partial charge in [-0.05, 0) is 59.3 Å². The lowest BCUT2D eigenvalue weighted by Crippen LogP contribution is -2.24. The summed E-state index contributed by atoms with van der Waals surface area (Å²) in [6.45, 7) is 1.96. The molecule has 0 unspecified atom stereocenters. The monoisotopic (exact) mass is 354 g/mol. The topological polar surface area (TPSA) is 35.8 Å². The molecule has 3 aromatic carbocycles. The maximum absolute atomic E-state index is 9.62. The highest BCUT2D eigenvalue weighted by atomic mass is 14.9. The minimum absolute atomic E-state index is 0.738. The predicted molar refractivity (Wildman–Crippen MR) is 112 cm³/mol. The Kier molecular flexibility index (Phi) is 5.51. The molecule has 1 aliphatic carbocycles. The molecule has 0 saturated heterocycles. The molecule has 0 atom stereocenters. The second-order valence-electron chi connectivity index (χ2n) is 7.65. The molecule has 27 heavy (non-hydrogen) atoms. The normalized spacial score (nSPS) is 14.9. The number of hydrogen-bond donors (Lipinski definition) is 1. The van der Waals surface area contributed by atoms with E-state index in [0.717, 1.165) is 35.7 Å². The van der Waals surface area contributed by atoms with Gasteiger partial charge in [-0.25, -0.2) is 0 Å². The van der Waals surface area contributed by atoms with Crippen LogP contribution in [0.4, 0.5) is 0 Å². The Hall–Kier alpha value is -2.63. The molecule has 2 nitrogen and oxygen atoms in total. The Balaban J connectivity index is 1.58. The van der Waals surface area contributed by atoms with Crippen molar-refractivity contribution in [2.75, 3.05) is 6.54 Å². The molecule has 2 heteroatoms. The molecule has 0 aliphatic heterocycles. The van der Waals surface area contributed by atoms with E-state index < -0.39 is 0 Å². The van der Waals surface area contributed by atoms with Crippen molar-refractivity contribution in [2.24, 2.45) is 5.92 Å². The molecular weight excluding hydrogens is 328 g/mol. The molecule has 0 spiro atoms. The fraction of sp³-hybridized carbons (Fsp3) is 0.320. The molecule has 0 amide bonds. The SMILES string of the molecule is N#Cc1ccc(CNCC2CCCCC2)cc1-c1cccc2ccccc12. The second-order valence-corrected chi connectivity index (χ2v) is 7.65. The predicted octanol–water partition coefficient (Wildman–Crippen LogP) is 6.05. The maximum atomic E-state index is 9.62. The Morgan fingerprint density at radius 1 is 0.889 bits per heavy atom. The van der Waals surface area contributed by atoms with E-state index >= 15 is 0 Å². The Labute approximate surface area is 161 Å². The molecule has 3 aromatic rings. The van der Waals surface area contributed by atoms with Gasteiger partial charge in [0.25, 0.3) is 0 Å². The summed E-state index contributed by atoms with van der Waals surface area (Å²) in [7, 11) is 0. The van der Waals surface area contributed by atoms with Crippen LogP contribution in [0.5, 0.6) is 0 Å². The van der Waals surface area contributed by atoms with Crippen molar-refractivity contribution in [3.63, 3.8) is 0 Å². The minimum atomic E-state index is 0.738. The summed E-state index contributed by atoms with van der Waals surface area (Å²) < 4.78 is 0. The van der Waals surface area contributed by atoms with Crippen LogP contribution < -0.4 is 5.32 Å². The van der Waals surface area contributed by atoms with E-state index in [4.69, 9.17) is 0 Å². The summed E-state index contributed by atoms with van der Waals surface area (Å²) in [5.74, 6) is 0.828. The van der Waals surface area contributed by atoms with Crippen molar-refractivity contribution in [1.29, 1.82) is 5.26 Å². The van der Waals surface area contributed by atoms with Crippen molar-refractivity contribution in [1.82, 2.24) is 5.32 Å². The molecule has 0 heterocycles. The van der Waals surface area contributed by atoms with Gasteiger partial charge >= 0.3 is 0 Å². The summed E-state index contributed by atoms with van der Waals surface area (Å²) in [5, 5.41) is 15.7. The third kappa shape index (κ3) is 4.04. The smallest absolute Gasteiger partial charge is 0.0998 e. The largest absolute Gasteiger partial charge is 0.312 e. The lowest BCUT2D eigenvalue weighted by molar-refractivity contribution is 0.342. The van der Waals surface area contributed by atoms with Crippen molar-refractivity contribution >= 4 is 10.8 Å². The molecule has 0 radical (unpaired) electrons. The van der Waals surface area contributed by atoms with Crippen LogP contribution in [0.2, 0.25) is 0 Å². The van der Waals surface area contributed by atoms with E-state index in [1.165, 1.54) is 48.4 Å². The van der Waals surface area contributed by atoms with E-state index in [-0.39, 0.29) is 0 Å². The van der Waals surface area contributed by atoms with Gasteiger partial charge in [-0.1, -0.05) is 67.8 Å². The first-order valence-corrected chi connectivity index (χ1v) is 10.1. The average molecular weight is 354 g/mol. The van der Waals surface area contributed by atoms with Crippen LogP contribution >= 0.6 is 0 Å². The highest BCUT2D eigenvalue weighted by molar-refractivity contribution is 5.97. The summed E-state index contributed by atoms with van der Waals surface area (Å²) in [5.41, 5.74) is 4.15. The van der Waals surface area contributed by atoms with Gasteiger partial charge < -0.3 is 5.32 Å². The van der Waals surface area contributed by atoms with Crippen LogP contribution in [-0.4, -0.2) is 6.54 Å². The van der Waals surface area contributed by atoms with Crippen LogP contribution in [0, 0.1) is 17.2 Å². The molecule has 0 bridgehead atoms. The van der Waals surface area contributed by atoms with Gasteiger partial charge in [0.05, 0.1) is 11.6 Å². The molecule has 1 saturated carbocycles. The fourth-order valence-electron chi connectivity index (χ4n) is 4.29. The van der Waals surface area contributed by atoms with Gasteiger partial charge in [-0.2, -0.15) is 5.26 Å². The molecule has 1 fully saturated rings. The zero-order chi connectivity index (χ0) is 18.5. The van der Waals surface area contributed by atoms with E-state index in [2.05, 4.69) is 66.0 Å². The van der Waals surface area contributed by atoms with E-state index in [0.29, 0.717) is 0 Å². The number of benzene rings is 3. The number of nitrogens with one attached hydrogen (secondary N) is 1. The van der Waals surface area contributed by atoms with Crippen molar-refractivity contribution in [3.8, 4) is 17.2 Å². The van der Waals surface area contributed by atoms with Crippen molar-refractivity contribution in [3.05, 3.63) is 71.8 Å². The second kappa shape index (κ2) is 8.37. The lowest BCUT2D eigenvalue weighted by atomic mass is 9.89. The van der Waals surface area contributed by atoms with E-state index in [1.54, 1.807) is 0 Å². The van der Waals surface area contributed by atoms with Gasteiger partial charge in [-0.15, -0.1) is 0 Å². The van der Waals surface area contributed by atoms with Crippen molar-refractivity contribution < 1.29 is 0 Å². The summed E-state index contributed by atoms with van der Waals surface area (Å²) >= 11 is 0. The van der Waals surface area contributed by atoms with Gasteiger partial charge in [-0.3, -0.25) is 0 Å². The molecular formula is C25H26N2. The summed E-state index contributed by atoms with van der Waals surface area (Å²) in [6.07, 6.45) is 6.90. The highest BCUT2D eigenvalue weighted by Crippen LogP contribution is 2.31. The first-order chi connectivity index (χ1) is 13.3. The first kappa shape index (κ1) is 17.8. The van der Waals surface area contributed by atoms with Crippen LogP contribution in [0.25, 0.3) is 21.9 Å². The number of rotatable bonds is 5.